The van der Waals surface area contributed by atoms with Gasteiger partial charge in [-0.2, -0.15) is 0 Å². The zero-order valence-electron chi connectivity index (χ0n) is 6.57. The number of hydrogen-bond donors (Lipinski definition) is 0. The topological polar surface area (TPSA) is 0 Å². The zero-order valence-corrected chi connectivity index (χ0v) is 8.16. The molecule has 60 valence electrons. The van der Waals surface area contributed by atoms with E-state index in [4.69, 9.17) is 0 Å². The van der Waals surface area contributed by atoms with Gasteiger partial charge in [0.05, 0.1) is 0 Å². The molecule has 0 N–H and O–H groups in total. The van der Waals surface area contributed by atoms with E-state index in [9.17, 15) is 0 Å². The lowest BCUT2D eigenvalue weighted by atomic mass is 9.97. The zero-order chi connectivity index (χ0) is 8.13. The number of rotatable bonds is 0. The summed E-state index contributed by atoms with van der Waals surface area (Å²) in [6.45, 7) is 0. The highest BCUT2D eigenvalue weighted by atomic mass is 79.9. The Labute approximate surface area is 80.4 Å². The molecule has 0 nitrogen and oxygen atoms in total. The van der Waals surface area contributed by atoms with Crippen LogP contribution in [0.5, 0.6) is 0 Å². The first-order valence-electron chi connectivity index (χ1n) is 4.29. The summed E-state index contributed by atoms with van der Waals surface area (Å²) >= 11 is 3.75. The van der Waals surface area contributed by atoms with Crippen molar-refractivity contribution in [2.45, 2.75) is 16.7 Å². The van der Waals surface area contributed by atoms with E-state index in [-0.39, 0.29) is 0 Å². The van der Waals surface area contributed by atoms with Crippen LogP contribution in [0.1, 0.15) is 23.0 Å². The van der Waals surface area contributed by atoms with Gasteiger partial charge in [-0.15, -0.1) is 0 Å². The molecule has 0 heterocycles. The molecule has 1 heteroatoms. The Bertz CT molecular complexity index is 321. The summed E-state index contributed by atoms with van der Waals surface area (Å²) < 4.78 is 0. The van der Waals surface area contributed by atoms with Gasteiger partial charge in [-0.25, -0.2) is 0 Å². The SMILES string of the molecule is BrC1C2C=CC1c1ccccc12. The lowest BCUT2D eigenvalue weighted by Crippen LogP contribution is -2.00. The van der Waals surface area contributed by atoms with Gasteiger partial charge in [0.1, 0.15) is 0 Å². The largest absolute Gasteiger partial charge is 0.0871 e. The van der Waals surface area contributed by atoms with E-state index in [1.54, 1.807) is 0 Å². The van der Waals surface area contributed by atoms with Crippen molar-refractivity contribution in [2.24, 2.45) is 0 Å². The molecular weight excluding hydrogens is 212 g/mol. The average molecular weight is 221 g/mol. The van der Waals surface area contributed by atoms with Crippen molar-refractivity contribution < 1.29 is 0 Å². The fraction of sp³-hybridized carbons (Fsp3) is 0.273. The Balaban J connectivity index is 2.25. The van der Waals surface area contributed by atoms with Crippen LogP contribution < -0.4 is 0 Å². The van der Waals surface area contributed by atoms with E-state index >= 15 is 0 Å². The molecule has 0 fully saturated rings. The Kier molecular flexibility index (Phi) is 1.28. The molecule has 2 unspecified atom stereocenters. The molecule has 0 amide bonds. The third-order valence-corrected chi connectivity index (χ3v) is 4.07. The van der Waals surface area contributed by atoms with Crippen LogP contribution in [0.15, 0.2) is 36.4 Å². The standard InChI is InChI=1S/C11H9Br/c12-11-9-5-6-10(11)8-4-2-1-3-7(8)9/h1-6,9-11H. The molecule has 0 saturated heterocycles. The molecule has 0 spiro atoms. The second-order valence-corrected chi connectivity index (χ2v) is 4.57. The summed E-state index contributed by atoms with van der Waals surface area (Å²) in [6, 6.07) is 8.76. The molecule has 2 bridgehead atoms. The van der Waals surface area contributed by atoms with Crippen LogP contribution in [0.2, 0.25) is 0 Å². The third kappa shape index (κ3) is 0.680. The van der Waals surface area contributed by atoms with E-state index in [0.717, 1.165) is 0 Å². The van der Waals surface area contributed by atoms with Crippen molar-refractivity contribution in [2.75, 3.05) is 0 Å². The molecular formula is C11H9Br. The van der Waals surface area contributed by atoms with Gasteiger partial charge in [-0.3, -0.25) is 0 Å². The highest BCUT2D eigenvalue weighted by Crippen LogP contribution is 2.51. The van der Waals surface area contributed by atoms with E-state index in [0.29, 0.717) is 16.7 Å². The van der Waals surface area contributed by atoms with E-state index < -0.39 is 0 Å². The predicted molar refractivity (Wildman–Crippen MR) is 53.8 cm³/mol. The van der Waals surface area contributed by atoms with Crippen LogP contribution in [-0.2, 0) is 0 Å². The number of fused-ring (bicyclic) bond motifs is 5. The van der Waals surface area contributed by atoms with Crippen molar-refractivity contribution in [3.63, 3.8) is 0 Å². The summed E-state index contributed by atoms with van der Waals surface area (Å²) in [5, 5.41) is 0. The molecule has 12 heavy (non-hydrogen) atoms. The van der Waals surface area contributed by atoms with Crippen LogP contribution in [0.4, 0.5) is 0 Å². The van der Waals surface area contributed by atoms with Gasteiger partial charge in [0.25, 0.3) is 0 Å². The third-order valence-electron chi connectivity index (χ3n) is 2.93. The Morgan fingerprint density at radius 3 is 1.92 bits per heavy atom. The molecule has 2 atom stereocenters. The van der Waals surface area contributed by atoms with Crippen LogP contribution in [0.25, 0.3) is 0 Å². The van der Waals surface area contributed by atoms with Gasteiger partial charge < -0.3 is 0 Å². The van der Waals surface area contributed by atoms with Crippen molar-refractivity contribution in [1.82, 2.24) is 0 Å². The lowest BCUT2D eigenvalue weighted by molar-refractivity contribution is 0.842. The molecule has 1 aromatic rings. The fourth-order valence-electron chi connectivity index (χ4n) is 2.34. The minimum Gasteiger partial charge on any atom is -0.0871 e. The van der Waals surface area contributed by atoms with Gasteiger partial charge >= 0.3 is 0 Å². The molecule has 2 aliphatic rings. The van der Waals surface area contributed by atoms with Crippen LogP contribution in [0.3, 0.4) is 0 Å². The highest BCUT2D eigenvalue weighted by molar-refractivity contribution is 9.09. The summed E-state index contributed by atoms with van der Waals surface area (Å²) in [5.41, 5.74) is 3.04. The van der Waals surface area contributed by atoms with Gasteiger partial charge in [0, 0.05) is 16.7 Å². The number of hydrogen-bond acceptors (Lipinski definition) is 0. The molecule has 2 aliphatic carbocycles. The van der Waals surface area contributed by atoms with Gasteiger partial charge in [0.15, 0.2) is 0 Å². The van der Waals surface area contributed by atoms with E-state index in [2.05, 4.69) is 52.3 Å². The van der Waals surface area contributed by atoms with Crippen molar-refractivity contribution in [3.8, 4) is 0 Å². The molecule has 1 aromatic carbocycles. The maximum Gasteiger partial charge on any atom is 0.0352 e. The fourth-order valence-corrected chi connectivity index (χ4v) is 3.27. The average Bonchev–Trinajstić information content (AvgIpc) is 2.61. The molecule has 0 aliphatic heterocycles. The second kappa shape index (κ2) is 2.23. The number of benzene rings is 1. The van der Waals surface area contributed by atoms with Gasteiger partial charge in [-0.1, -0.05) is 52.3 Å². The van der Waals surface area contributed by atoms with Gasteiger partial charge in [-0.05, 0) is 11.1 Å². The molecule has 0 radical (unpaired) electrons. The van der Waals surface area contributed by atoms with Gasteiger partial charge in [0.2, 0.25) is 0 Å². The number of allylic oxidation sites excluding steroid dienone is 2. The smallest absolute Gasteiger partial charge is 0.0352 e. The monoisotopic (exact) mass is 220 g/mol. The summed E-state index contributed by atoms with van der Waals surface area (Å²) in [7, 11) is 0. The lowest BCUT2D eigenvalue weighted by Gasteiger charge is -2.07. The normalized spacial score (nSPS) is 35.6. The minimum atomic E-state index is 0.620. The Morgan fingerprint density at radius 1 is 0.917 bits per heavy atom. The van der Waals surface area contributed by atoms with Crippen molar-refractivity contribution >= 4 is 15.9 Å². The quantitative estimate of drug-likeness (QED) is 0.466. The summed E-state index contributed by atoms with van der Waals surface area (Å²) in [5.74, 6) is 1.26. The molecule has 0 saturated carbocycles. The van der Waals surface area contributed by atoms with E-state index in [1.165, 1.54) is 11.1 Å². The maximum absolute atomic E-state index is 3.75. The van der Waals surface area contributed by atoms with Crippen LogP contribution in [0, 0.1) is 0 Å². The Hall–Kier alpha value is -0.560. The first-order valence-corrected chi connectivity index (χ1v) is 5.21. The predicted octanol–water partition coefficient (Wildman–Crippen LogP) is 3.20. The van der Waals surface area contributed by atoms with E-state index in [1.807, 2.05) is 0 Å². The first kappa shape index (κ1) is 6.90. The van der Waals surface area contributed by atoms with Crippen molar-refractivity contribution in [3.05, 3.63) is 47.5 Å². The summed E-state index contributed by atoms with van der Waals surface area (Å²) in [6.07, 6.45) is 4.65. The first-order chi connectivity index (χ1) is 5.88. The number of alkyl halides is 1. The molecule has 0 aromatic heterocycles. The van der Waals surface area contributed by atoms with Crippen LogP contribution in [-0.4, -0.2) is 4.83 Å². The van der Waals surface area contributed by atoms with Crippen molar-refractivity contribution in [1.29, 1.82) is 0 Å². The highest BCUT2D eigenvalue weighted by Gasteiger charge is 2.39. The molecule has 3 rings (SSSR count). The summed E-state index contributed by atoms with van der Waals surface area (Å²) in [4.78, 5) is 0.620. The minimum absolute atomic E-state index is 0.620. The Morgan fingerprint density at radius 2 is 1.42 bits per heavy atom. The van der Waals surface area contributed by atoms with Crippen LogP contribution >= 0.6 is 15.9 Å². The second-order valence-electron chi connectivity index (χ2n) is 3.51. The maximum atomic E-state index is 3.75. The number of halogens is 1.